The summed E-state index contributed by atoms with van der Waals surface area (Å²) < 4.78 is 18.3. The average molecular weight is 386 g/mol. The zero-order valence-electron chi connectivity index (χ0n) is 15.5. The van der Waals surface area contributed by atoms with Crippen LogP contribution in [0, 0.1) is 5.82 Å². The number of rotatable bonds is 6. The quantitative estimate of drug-likeness (QED) is 0.767. The van der Waals surface area contributed by atoms with Crippen molar-refractivity contribution in [3.63, 3.8) is 0 Å². The van der Waals surface area contributed by atoms with Crippen LogP contribution in [0.5, 0.6) is 0 Å². The van der Waals surface area contributed by atoms with Crippen molar-refractivity contribution in [3.05, 3.63) is 53.7 Å². The highest BCUT2D eigenvalue weighted by Gasteiger charge is 2.27. The number of nitrogen functional groups attached to an aromatic ring is 1. The van der Waals surface area contributed by atoms with Crippen molar-refractivity contribution in [1.29, 1.82) is 0 Å². The third kappa shape index (κ3) is 5.03. The van der Waals surface area contributed by atoms with Crippen LogP contribution in [0.15, 0.2) is 36.7 Å². The minimum atomic E-state index is -0.788. The van der Waals surface area contributed by atoms with Crippen molar-refractivity contribution in [3.8, 4) is 0 Å². The first-order valence-corrected chi connectivity index (χ1v) is 9.32. The molecule has 1 aromatic carbocycles. The van der Waals surface area contributed by atoms with E-state index in [0.29, 0.717) is 6.54 Å². The lowest BCUT2D eigenvalue weighted by Crippen LogP contribution is -2.43. The van der Waals surface area contributed by atoms with Gasteiger partial charge in [-0.25, -0.2) is 19.2 Å². The molecule has 0 unspecified atom stereocenters. The topological polar surface area (TPSA) is 98.4 Å². The summed E-state index contributed by atoms with van der Waals surface area (Å²) in [5.74, 6) is -1.46. The van der Waals surface area contributed by atoms with Crippen molar-refractivity contribution in [2.45, 2.75) is 44.7 Å². The zero-order valence-corrected chi connectivity index (χ0v) is 15.5. The fourth-order valence-electron chi connectivity index (χ4n) is 3.38. The standard InChI is InChI=1S/C20H23FN4O3/c21-15-8-6-14(7-9-15)12-25(16-4-2-1-3-5-16)17(26)13-28-20(27)18-19(22)24-11-10-23-18/h6-11,16H,1-5,12-13H2,(H2,22,24). The molecule has 0 atom stereocenters. The molecule has 1 amide bonds. The van der Waals surface area contributed by atoms with Gasteiger partial charge in [0.2, 0.25) is 0 Å². The van der Waals surface area contributed by atoms with Crippen molar-refractivity contribution in [2.75, 3.05) is 12.3 Å². The number of nitrogens with two attached hydrogens (primary N) is 1. The van der Waals surface area contributed by atoms with Crippen LogP contribution >= 0.6 is 0 Å². The number of nitrogens with zero attached hydrogens (tertiary/aromatic N) is 3. The summed E-state index contributed by atoms with van der Waals surface area (Å²) >= 11 is 0. The molecule has 0 spiro atoms. The summed E-state index contributed by atoms with van der Waals surface area (Å²) in [4.78, 5) is 34.3. The molecule has 1 saturated carbocycles. The molecule has 2 N–H and O–H groups in total. The number of anilines is 1. The minimum Gasteiger partial charge on any atom is -0.451 e. The summed E-state index contributed by atoms with van der Waals surface area (Å²) in [6.45, 7) is -0.0683. The Morgan fingerprint density at radius 2 is 1.79 bits per heavy atom. The lowest BCUT2D eigenvalue weighted by atomic mass is 9.93. The van der Waals surface area contributed by atoms with Gasteiger partial charge < -0.3 is 15.4 Å². The van der Waals surface area contributed by atoms with Crippen LogP contribution < -0.4 is 5.73 Å². The Morgan fingerprint density at radius 3 is 2.46 bits per heavy atom. The van der Waals surface area contributed by atoms with Crippen LogP contribution in [-0.2, 0) is 16.1 Å². The molecule has 1 heterocycles. The Morgan fingerprint density at radius 1 is 1.11 bits per heavy atom. The van der Waals surface area contributed by atoms with Crippen LogP contribution in [0.2, 0.25) is 0 Å². The van der Waals surface area contributed by atoms with E-state index in [9.17, 15) is 14.0 Å². The molecule has 1 aromatic heterocycles. The second kappa shape index (κ2) is 9.25. The Balaban J connectivity index is 1.68. The van der Waals surface area contributed by atoms with Gasteiger partial charge in [0.25, 0.3) is 5.91 Å². The fraction of sp³-hybridized carbons (Fsp3) is 0.400. The molecule has 1 aliphatic carbocycles. The summed E-state index contributed by atoms with van der Waals surface area (Å²) in [5, 5.41) is 0. The normalized spacial score (nSPS) is 14.5. The highest BCUT2D eigenvalue weighted by Crippen LogP contribution is 2.24. The summed E-state index contributed by atoms with van der Waals surface area (Å²) in [7, 11) is 0. The van der Waals surface area contributed by atoms with Crippen molar-refractivity contribution < 1.29 is 18.7 Å². The lowest BCUT2D eigenvalue weighted by Gasteiger charge is -2.34. The number of carbonyl (C=O) groups excluding carboxylic acids is 2. The number of benzene rings is 1. The Kier molecular flexibility index (Phi) is 6.52. The van der Waals surface area contributed by atoms with Gasteiger partial charge in [0.05, 0.1) is 0 Å². The lowest BCUT2D eigenvalue weighted by molar-refractivity contribution is -0.138. The number of aromatic nitrogens is 2. The molecule has 1 aliphatic rings. The van der Waals surface area contributed by atoms with Crippen LogP contribution in [-0.4, -0.2) is 39.4 Å². The Labute approximate surface area is 162 Å². The molecule has 7 nitrogen and oxygen atoms in total. The van der Waals surface area contributed by atoms with Crippen molar-refractivity contribution in [1.82, 2.24) is 14.9 Å². The predicted octanol–water partition coefficient (Wildman–Crippen LogP) is 2.72. The van der Waals surface area contributed by atoms with E-state index in [1.165, 1.54) is 24.5 Å². The van der Waals surface area contributed by atoms with Gasteiger partial charge in [-0.1, -0.05) is 31.4 Å². The number of amides is 1. The SMILES string of the molecule is Nc1nccnc1C(=O)OCC(=O)N(Cc1ccc(F)cc1)C1CCCCC1. The van der Waals surface area contributed by atoms with Crippen LogP contribution in [0.25, 0.3) is 0 Å². The maximum Gasteiger partial charge on any atom is 0.361 e. The van der Waals surface area contributed by atoms with Gasteiger partial charge in [0.15, 0.2) is 18.1 Å². The van der Waals surface area contributed by atoms with Crippen LogP contribution in [0.4, 0.5) is 10.2 Å². The first kappa shape index (κ1) is 19.7. The minimum absolute atomic E-state index is 0.0459. The number of ether oxygens (including phenoxy) is 1. The second-order valence-corrected chi connectivity index (χ2v) is 6.81. The molecule has 3 rings (SSSR count). The molecule has 28 heavy (non-hydrogen) atoms. The molecule has 8 heteroatoms. The summed E-state index contributed by atoms with van der Waals surface area (Å²) in [5.41, 5.74) is 6.33. The van der Waals surface area contributed by atoms with Gasteiger partial charge in [0.1, 0.15) is 5.82 Å². The fourth-order valence-corrected chi connectivity index (χ4v) is 3.38. The van der Waals surface area contributed by atoms with Gasteiger partial charge in [-0.15, -0.1) is 0 Å². The number of hydrogen-bond acceptors (Lipinski definition) is 6. The first-order valence-electron chi connectivity index (χ1n) is 9.32. The van der Waals surface area contributed by atoms with Crippen molar-refractivity contribution >= 4 is 17.7 Å². The van der Waals surface area contributed by atoms with E-state index in [2.05, 4.69) is 9.97 Å². The molecule has 0 saturated heterocycles. The Hall–Kier alpha value is -3.03. The summed E-state index contributed by atoms with van der Waals surface area (Å²) in [6, 6.07) is 6.13. The highest BCUT2D eigenvalue weighted by atomic mass is 19.1. The first-order chi connectivity index (χ1) is 13.5. The average Bonchev–Trinajstić information content (AvgIpc) is 2.72. The largest absolute Gasteiger partial charge is 0.451 e. The third-order valence-corrected chi connectivity index (χ3v) is 4.85. The van der Waals surface area contributed by atoms with E-state index in [1.54, 1.807) is 17.0 Å². The van der Waals surface area contributed by atoms with Gasteiger partial charge in [-0.05, 0) is 30.5 Å². The zero-order chi connectivity index (χ0) is 19.9. The summed E-state index contributed by atoms with van der Waals surface area (Å²) in [6.07, 6.45) is 7.75. The smallest absolute Gasteiger partial charge is 0.361 e. The molecular weight excluding hydrogens is 363 g/mol. The second-order valence-electron chi connectivity index (χ2n) is 6.81. The van der Waals surface area contributed by atoms with Crippen molar-refractivity contribution in [2.24, 2.45) is 0 Å². The third-order valence-electron chi connectivity index (χ3n) is 4.85. The van der Waals surface area contributed by atoms with E-state index in [-0.39, 0.29) is 29.3 Å². The molecule has 148 valence electrons. The van der Waals surface area contributed by atoms with E-state index in [0.717, 1.165) is 37.7 Å². The van der Waals surface area contributed by atoms with E-state index < -0.39 is 12.6 Å². The molecule has 0 bridgehead atoms. The van der Waals surface area contributed by atoms with E-state index in [1.807, 2.05) is 0 Å². The maximum atomic E-state index is 13.2. The molecule has 2 aromatic rings. The highest BCUT2D eigenvalue weighted by molar-refractivity contribution is 5.93. The number of esters is 1. The maximum absolute atomic E-state index is 13.2. The number of carbonyl (C=O) groups is 2. The van der Waals surface area contributed by atoms with Crippen LogP contribution in [0.1, 0.15) is 48.2 Å². The molecular formula is C20H23FN4O3. The molecule has 0 aliphatic heterocycles. The van der Waals surface area contributed by atoms with Gasteiger partial charge >= 0.3 is 5.97 Å². The van der Waals surface area contributed by atoms with Crippen LogP contribution in [0.3, 0.4) is 0 Å². The van der Waals surface area contributed by atoms with Gasteiger partial charge in [-0.2, -0.15) is 0 Å². The molecule has 1 fully saturated rings. The molecule has 0 radical (unpaired) electrons. The van der Waals surface area contributed by atoms with Gasteiger partial charge in [-0.3, -0.25) is 4.79 Å². The van der Waals surface area contributed by atoms with E-state index >= 15 is 0 Å². The number of halogens is 1. The monoisotopic (exact) mass is 386 g/mol. The van der Waals surface area contributed by atoms with Gasteiger partial charge in [0, 0.05) is 25.0 Å². The predicted molar refractivity (Wildman–Crippen MR) is 101 cm³/mol. The van der Waals surface area contributed by atoms with E-state index in [4.69, 9.17) is 10.5 Å². The number of hydrogen-bond donors (Lipinski definition) is 1. The Bertz CT molecular complexity index is 822.